The monoisotopic (exact) mass is 369 g/mol. The molecule has 0 radical (unpaired) electrons. The molecule has 0 saturated heterocycles. The zero-order valence-corrected chi connectivity index (χ0v) is 17.4. The Hall–Kier alpha value is -2.68. The number of fused-ring (bicyclic) bond motifs is 1. The second kappa shape index (κ2) is 7.39. The van der Waals surface area contributed by atoms with E-state index in [1.54, 1.807) is 0 Å². The molecule has 2 nitrogen and oxygen atoms in total. The second-order valence-electron chi connectivity index (χ2n) is 8.26. The molecule has 0 N–H and O–H groups in total. The minimum atomic E-state index is -0.158. The quantitative estimate of drug-likeness (QED) is 0.510. The molecule has 3 aromatic carbocycles. The summed E-state index contributed by atoms with van der Waals surface area (Å²) in [6.45, 7) is 11.2. The highest BCUT2D eigenvalue weighted by atomic mass is 16.5. The van der Waals surface area contributed by atoms with Crippen LogP contribution in [0, 0.1) is 6.92 Å². The zero-order valence-electron chi connectivity index (χ0n) is 17.4. The third-order valence-electron chi connectivity index (χ3n) is 5.61. The molecule has 0 fully saturated rings. The molecule has 0 saturated carbocycles. The molecule has 0 atom stereocenters. The van der Waals surface area contributed by atoms with E-state index >= 15 is 0 Å². The Balaban J connectivity index is 1.96. The summed E-state index contributed by atoms with van der Waals surface area (Å²) >= 11 is 0. The highest BCUT2D eigenvalue weighted by Gasteiger charge is 2.43. The van der Waals surface area contributed by atoms with Crippen LogP contribution in [0.25, 0.3) is 0 Å². The van der Waals surface area contributed by atoms with Crippen molar-refractivity contribution in [2.24, 2.45) is 0 Å². The smallest absolute Gasteiger partial charge is 0.524 e. The van der Waals surface area contributed by atoms with Crippen molar-refractivity contribution < 1.29 is 4.65 Å². The maximum absolute atomic E-state index is 6.70. The summed E-state index contributed by atoms with van der Waals surface area (Å²) in [5.41, 5.74) is 7.51. The number of rotatable bonds is 4. The third kappa shape index (κ3) is 3.09. The van der Waals surface area contributed by atoms with Gasteiger partial charge in [0, 0.05) is 5.69 Å². The maximum atomic E-state index is 6.70. The molecule has 0 bridgehead atoms. The van der Waals surface area contributed by atoms with E-state index in [4.69, 9.17) is 4.65 Å². The lowest BCUT2D eigenvalue weighted by atomic mass is 9.64. The van der Waals surface area contributed by atoms with E-state index < -0.39 is 0 Å². The van der Waals surface area contributed by atoms with E-state index in [0.29, 0.717) is 11.8 Å². The summed E-state index contributed by atoms with van der Waals surface area (Å²) in [5.74, 6) is 1.85. The normalized spacial score (nSPS) is 13.2. The number of hydrogen-bond donors (Lipinski definition) is 0. The number of nitrogens with zero attached hydrogens (tertiary/aromatic N) is 1. The van der Waals surface area contributed by atoms with Gasteiger partial charge in [-0.1, -0.05) is 76.2 Å². The van der Waals surface area contributed by atoms with E-state index in [9.17, 15) is 0 Å². The highest BCUT2D eigenvalue weighted by molar-refractivity contribution is 6.75. The predicted molar refractivity (Wildman–Crippen MR) is 120 cm³/mol. The van der Waals surface area contributed by atoms with Crippen LogP contribution in [-0.4, -0.2) is 7.05 Å². The summed E-state index contributed by atoms with van der Waals surface area (Å²) in [5, 5.41) is 0. The van der Waals surface area contributed by atoms with Gasteiger partial charge in [0.15, 0.2) is 0 Å². The van der Waals surface area contributed by atoms with Gasteiger partial charge in [0.2, 0.25) is 0 Å². The molecule has 28 heavy (non-hydrogen) atoms. The van der Waals surface area contributed by atoms with Crippen LogP contribution in [0.1, 0.15) is 56.2 Å². The van der Waals surface area contributed by atoms with Crippen molar-refractivity contribution in [3.8, 4) is 5.75 Å². The Labute approximate surface area is 169 Å². The first kappa shape index (κ1) is 18.7. The van der Waals surface area contributed by atoms with Crippen LogP contribution in [0.2, 0.25) is 0 Å². The van der Waals surface area contributed by atoms with Crippen molar-refractivity contribution in [1.29, 1.82) is 0 Å². The van der Waals surface area contributed by atoms with Crippen LogP contribution < -0.4 is 14.9 Å². The summed E-state index contributed by atoms with van der Waals surface area (Å²) in [6, 6.07) is 23.7. The molecule has 1 aliphatic heterocycles. The second-order valence-corrected chi connectivity index (χ2v) is 8.26. The van der Waals surface area contributed by atoms with E-state index in [0.717, 1.165) is 17.1 Å². The minimum absolute atomic E-state index is 0.158. The van der Waals surface area contributed by atoms with Gasteiger partial charge in [-0.25, -0.2) is 0 Å². The Morgan fingerprint density at radius 3 is 1.96 bits per heavy atom. The van der Waals surface area contributed by atoms with E-state index in [-0.39, 0.29) is 7.05 Å². The van der Waals surface area contributed by atoms with Crippen molar-refractivity contribution in [2.75, 3.05) is 4.81 Å². The number of aryl methyl sites for hydroxylation is 1. The Bertz CT molecular complexity index is 955. The molecule has 0 unspecified atom stereocenters. The molecule has 142 valence electrons. The molecule has 3 aromatic rings. The zero-order chi connectivity index (χ0) is 19.8. The number of para-hydroxylation sites is 2. The summed E-state index contributed by atoms with van der Waals surface area (Å²) < 4.78 is 6.70. The molecule has 3 heteroatoms. The molecule has 0 spiro atoms. The van der Waals surface area contributed by atoms with E-state index in [1.807, 2.05) is 0 Å². The van der Waals surface area contributed by atoms with Gasteiger partial charge in [-0.05, 0) is 59.1 Å². The van der Waals surface area contributed by atoms with Crippen LogP contribution in [0.15, 0.2) is 66.7 Å². The standard InChI is InChI=1S/C25H28BNO/c1-17(2)21-14-10-15-22(18(3)4)24(21)26-27(20-12-7-6-8-13-20)23-16-9-11-19(5)25(23)28-26/h6-18H,1-5H3. The fourth-order valence-corrected chi connectivity index (χ4v) is 4.22. The van der Waals surface area contributed by atoms with Crippen LogP contribution in [0.5, 0.6) is 5.75 Å². The van der Waals surface area contributed by atoms with Crippen molar-refractivity contribution in [3.63, 3.8) is 0 Å². The summed E-state index contributed by atoms with van der Waals surface area (Å²) in [6.07, 6.45) is 0. The fraction of sp³-hybridized carbons (Fsp3) is 0.280. The Morgan fingerprint density at radius 2 is 1.36 bits per heavy atom. The summed E-state index contributed by atoms with van der Waals surface area (Å²) in [7, 11) is -0.158. The van der Waals surface area contributed by atoms with Gasteiger partial charge in [0.1, 0.15) is 5.75 Å². The van der Waals surface area contributed by atoms with Gasteiger partial charge in [-0.3, -0.25) is 0 Å². The predicted octanol–water partition coefficient (Wildman–Crippen LogP) is 6.17. The highest BCUT2D eigenvalue weighted by Crippen LogP contribution is 2.43. The lowest BCUT2D eigenvalue weighted by molar-refractivity contribution is 0.596. The average molecular weight is 369 g/mol. The lowest BCUT2D eigenvalue weighted by Gasteiger charge is -2.27. The van der Waals surface area contributed by atoms with Crippen LogP contribution in [0.3, 0.4) is 0 Å². The molecule has 4 rings (SSSR count). The first-order valence-corrected chi connectivity index (χ1v) is 10.2. The molecule has 0 aliphatic carbocycles. The van der Waals surface area contributed by atoms with E-state index in [2.05, 4.69) is 106 Å². The SMILES string of the molecule is Cc1cccc2c1OB(c1c(C(C)C)cccc1C(C)C)N2c1ccccc1. The van der Waals surface area contributed by atoms with Crippen LogP contribution >= 0.6 is 0 Å². The lowest BCUT2D eigenvalue weighted by Crippen LogP contribution is -2.50. The van der Waals surface area contributed by atoms with Crippen LogP contribution in [-0.2, 0) is 0 Å². The number of hydrogen-bond acceptors (Lipinski definition) is 2. The first-order valence-electron chi connectivity index (χ1n) is 10.2. The number of anilines is 2. The number of benzene rings is 3. The third-order valence-corrected chi connectivity index (χ3v) is 5.61. The van der Waals surface area contributed by atoms with Gasteiger partial charge in [0.25, 0.3) is 0 Å². The largest absolute Gasteiger partial charge is 0.536 e. The maximum Gasteiger partial charge on any atom is 0.524 e. The van der Waals surface area contributed by atoms with Crippen molar-refractivity contribution in [3.05, 3.63) is 83.4 Å². The Morgan fingerprint density at radius 1 is 0.750 bits per heavy atom. The van der Waals surface area contributed by atoms with Crippen molar-refractivity contribution >= 4 is 23.9 Å². The van der Waals surface area contributed by atoms with Gasteiger partial charge in [0.05, 0.1) is 5.69 Å². The first-order chi connectivity index (χ1) is 13.5. The molecular weight excluding hydrogens is 341 g/mol. The fourth-order valence-electron chi connectivity index (χ4n) is 4.22. The van der Waals surface area contributed by atoms with E-state index in [1.165, 1.54) is 22.2 Å². The van der Waals surface area contributed by atoms with Crippen molar-refractivity contribution in [1.82, 2.24) is 0 Å². The minimum Gasteiger partial charge on any atom is -0.536 e. The molecule has 1 aliphatic rings. The van der Waals surface area contributed by atoms with Gasteiger partial charge in [-0.15, -0.1) is 0 Å². The average Bonchev–Trinajstić information content (AvgIpc) is 3.08. The van der Waals surface area contributed by atoms with Crippen molar-refractivity contribution in [2.45, 2.75) is 46.5 Å². The summed E-state index contributed by atoms with van der Waals surface area (Å²) in [4.78, 5) is 2.36. The molecular formula is C25H28BNO. The Kier molecular flexibility index (Phi) is 4.93. The van der Waals surface area contributed by atoms with Gasteiger partial charge >= 0.3 is 7.05 Å². The molecule has 1 heterocycles. The molecule has 0 amide bonds. The topological polar surface area (TPSA) is 12.5 Å². The molecule has 0 aromatic heterocycles. The van der Waals surface area contributed by atoms with Gasteiger partial charge < -0.3 is 9.47 Å². The van der Waals surface area contributed by atoms with Crippen LogP contribution in [0.4, 0.5) is 11.4 Å². The van der Waals surface area contributed by atoms with Gasteiger partial charge in [-0.2, -0.15) is 0 Å².